The average molecular weight is 176 g/mol. The lowest BCUT2D eigenvalue weighted by Crippen LogP contribution is -2.02. The summed E-state index contributed by atoms with van der Waals surface area (Å²) in [5.41, 5.74) is 1.98. The van der Waals surface area contributed by atoms with Crippen LogP contribution in [0.2, 0.25) is 0 Å². The molecule has 0 fully saturated rings. The smallest absolute Gasteiger partial charge is 0.207 e. The fourth-order valence-corrected chi connectivity index (χ4v) is 1.10. The number of fused-ring (bicyclic) bond motifs is 1. The van der Waals surface area contributed by atoms with Gasteiger partial charge in [0.1, 0.15) is 6.33 Å². The van der Waals surface area contributed by atoms with Crippen LogP contribution in [0.3, 0.4) is 0 Å². The maximum absolute atomic E-state index is 4.12. The quantitative estimate of drug-likeness (QED) is 0.623. The Morgan fingerprint density at radius 1 is 1.08 bits per heavy atom. The van der Waals surface area contributed by atoms with Crippen LogP contribution in [0.1, 0.15) is 25.5 Å². The van der Waals surface area contributed by atoms with Crippen molar-refractivity contribution < 1.29 is 0 Å². The second kappa shape index (κ2) is 2.96. The average Bonchev–Trinajstić information content (AvgIpc) is 2.17. The molecule has 2 aromatic rings. The molecule has 0 spiro atoms. The number of hydrogen-bond acceptors (Lipinski definition) is 6. The Balaban J connectivity index is 2.76. The molecule has 0 aliphatic carbocycles. The Morgan fingerprint density at radius 2 is 1.85 bits per heavy atom. The molecule has 0 atom stereocenters. The molecule has 0 aliphatic heterocycles. The highest BCUT2D eigenvalue weighted by Gasteiger charge is 2.09. The van der Waals surface area contributed by atoms with E-state index in [9.17, 15) is 0 Å². The van der Waals surface area contributed by atoms with Gasteiger partial charge in [-0.05, 0) is 16.3 Å². The highest BCUT2D eigenvalue weighted by atomic mass is 15.4. The third-order valence-electron chi connectivity index (χ3n) is 1.70. The summed E-state index contributed by atoms with van der Waals surface area (Å²) >= 11 is 0. The van der Waals surface area contributed by atoms with Crippen molar-refractivity contribution in [2.45, 2.75) is 19.8 Å². The Kier molecular flexibility index (Phi) is 1.80. The van der Waals surface area contributed by atoms with Crippen molar-refractivity contribution in [3.05, 3.63) is 12.0 Å². The third-order valence-corrected chi connectivity index (χ3v) is 1.70. The predicted octanol–water partition coefficient (Wildman–Crippen LogP) is 0.333. The zero-order valence-corrected chi connectivity index (χ0v) is 7.34. The summed E-state index contributed by atoms with van der Waals surface area (Å²) in [5.74, 6) is 0.281. The third kappa shape index (κ3) is 1.30. The molecular formula is C7H8N6. The highest BCUT2D eigenvalue weighted by Crippen LogP contribution is 2.16. The van der Waals surface area contributed by atoms with Crippen molar-refractivity contribution in [3.8, 4) is 0 Å². The maximum Gasteiger partial charge on any atom is 0.207 e. The fourth-order valence-electron chi connectivity index (χ4n) is 1.10. The molecule has 2 aromatic heterocycles. The Bertz CT molecular complexity index is 421. The highest BCUT2D eigenvalue weighted by molar-refractivity contribution is 5.70. The molecular weight excluding hydrogens is 168 g/mol. The van der Waals surface area contributed by atoms with E-state index in [1.807, 2.05) is 13.8 Å². The summed E-state index contributed by atoms with van der Waals surface area (Å²) in [6, 6.07) is 0. The van der Waals surface area contributed by atoms with Gasteiger partial charge < -0.3 is 0 Å². The monoisotopic (exact) mass is 176 g/mol. The molecule has 0 radical (unpaired) electrons. The first-order valence-electron chi connectivity index (χ1n) is 3.95. The molecule has 0 aliphatic rings. The van der Waals surface area contributed by atoms with Crippen LogP contribution in [0.4, 0.5) is 0 Å². The second-order valence-electron chi connectivity index (χ2n) is 2.96. The predicted molar refractivity (Wildman–Crippen MR) is 44.8 cm³/mol. The van der Waals surface area contributed by atoms with Crippen molar-refractivity contribution in [2.75, 3.05) is 0 Å². The molecule has 0 amide bonds. The summed E-state index contributed by atoms with van der Waals surface area (Å²) in [5, 5.41) is 14.5. The van der Waals surface area contributed by atoms with E-state index in [0.717, 1.165) is 5.69 Å². The van der Waals surface area contributed by atoms with E-state index in [0.29, 0.717) is 11.2 Å². The molecule has 6 nitrogen and oxygen atoms in total. The molecule has 0 bridgehead atoms. The SMILES string of the molecule is CC(C)c1ncnc2nnnnc12. The lowest BCUT2D eigenvalue weighted by atomic mass is 10.1. The van der Waals surface area contributed by atoms with E-state index in [1.54, 1.807) is 0 Å². The van der Waals surface area contributed by atoms with Crippen molar-refractivity contribution in [3.63, 3.8) is 0 Å². The van der Waals surface area contributed by atoms with E-state index in [4.69, 9.17) is 0 Å². The summed E-state index contributed by atoms with van der Waals surface area (Å²) in [6.45, 7) is 4.06. The van der Waals surface area contributed by atoms with Gasteiger partial charge in [-0.25, -0.2) is 9.97 Å². The zero-order valence-electron chi connectivity index (χ0n) is 7.34. The van der Waals surface area contributed by atoms with Crippen LogP contribution < -0.4 is 0 Å². The Labute approximate surface area is 74.4 Å². The normalized spacial score (nSPS) is 11.0. The van der Waals surface area contributed by atoms with Crippen LogP contribution in [0.15, 0.2) is 6.33 Å². The zero-order chi connectivity index (χ0) is 9.26. The topological polar surface area (TPSA) is 77.3 Å². The number of rotatable bonds is 1. The number of hydrogen-bond donors (Lipinski definition) is 0. The van der Waals surface area contributed by atoms with E-state index in [1.165, 1.54) is 6.33 Å². The van der Waals surface area contributed by atoms with Gasteiger partial charge in [0, 0.05) is 0 Å². The summed E-state index contributed by atoms with van der Waals surface area (Å²) in [6.07, 6.45) is 1.47. The van der Waals surface area contributed by atoms with E-state index in [-0.39, 0.29) is 5.92 Å². The molecule has 13 heavy (non-hydrogen) atoms. The molecule has 2 rings (SSSR count). The van der Waals surface area contributed by atoms with Gasteiger partial charge in [0.25, 0.3) is 0 Å². The van der Waals surface area contributed by atoms with Gasteiger partial charge in [-0.3, -0.25) is 0 Å². The van der Waals surface area contributed by atoms with Crippen molar-refractivity contribution in [1.29, 1.82) is 0 Å². The van der Waals surface area contributed by atoms with Crippen LogP contribution in [0, 0.1) is 0 Å². The summed E-state index contributed by atoms with van der Waals surface area (Å²) < 4.78 is 0. The molecule has 0 saturated heterocycles. The van der Waals surface area contributed by atoms with Crippen molar-refractivity contribution >= 4 is 11.2 Å². The lowest BCUT2D eigenvalue weighted by molar-refractivity contribution is 0.762. The van der Waals surface area contributed by atoms with E-state index >= 15 is 0 Å². The Hall–Kier alpha value is -1.72. The van der Waals surface area contributed by atoms with Gasteiger partial charge in [-0.2, -0.15) is 0 Å². The van der Waals surface area contributed by atoms with Crippen LogP contribution in [-0.4, -0.2) is 30.6 Å². The minimum absolute atomic E-state index is 0.281. The first kappa shape index (κ1) is 7.90. The minimum atomic E-state index is 0.281. The lowest BCUT2D eigenvalue weighted by Gasteiger charge is -2.03. The van der Waals surface area contributed by atoms with Crippen LogP contribution in [0.5, 0.6) is 0 Å². The number of nitrogens with zero attached hydrogens (tertiary/aromatic N) is 6. The van der Waals surface area contributed by atoms with Crippen LogP contribution in [-0.2, 0) is 0 Å². The van der Waals surface area contributed by atoms with Gasteiger partial charge in [-0.1, -0.05) is 13.8 Å². The molecule has 0 N–H and O–H groups in total. The first-order valence-corrected chi connectivity index (χ1v) is 3.95. The molecule has 66 valence electrons. The van der Waals surface area contributed by atoms with Crippen LogP contribution >= 0.6 is 0 Å². The molecule has 0 aromatic carbocycles. The van der Waals surface area contributed by atoms with E-state index < -0.39 is 0 Å². The van der Waals surface area contributed by atoms with Gasteiger partial charge in [0.2, 0.25) is 5.65 Å². The molecule has 6 heteroatoms. The standard InChI is InChI=1S/C7H8N6/c1-4(2)5-6-7(9-3-8-5)11-13-12-10-6/h3-4H,1-2H3. The second-order valence-corrected chi connectivity index (χ2v) is 2.96. The first-order chi connectivity index (χ1) is 6.29. The van der Waals surface area contributed by atoms with Gasteiger partial charge >= 0.3 is 0 Å². The molecule has 0 saturated carbocycles. The molecule has 0 unspecified atom stereocenters. The molecule has 2 heterocycles. The van der Waals surface area contributed by atoms with Gasteiger partial charge in [0.05, 0.1) is 5.69 Å². The summed E-state index contributed by atoms with van der Waals surface area (Å²) in [4.78, 5) is 8.06. The minimum Gasteiger partial charge on any atom is -0.239 e. The summed E-state index contributed by atoms with van der Waals surface area (Å²) in [7, 11) is 0. The van der Waals surface area contributed by atoms with Crippen LogP contribution in [0.25, 0.3) is 11.2 Å². The van der Waals surface area contributed by atoms with E-state index in [2.05, 4.69) is 30.6 Å². The van der Waals surface area contributed by atoms with Gasteiger partial charge in [0.15, 0.2) is 5.52 Å². The van der Waals surface area contributed by atoms with Gasteiger partial charge in [-0.15, -0.1) is 10.2 Å². The maximum atomic E-state index is 4.12. The number of aromatic nitrogens is 6. The Morgan fingerprint density at radius 3 is 2.62 bits per heavy atom. The van der Waals surface area contributed by atoms with Crippen molar-refractivity contribution in [1.82, 2.24) is 30.6 Å². The largest absolute Gasteiger partial charge is 0.239 e. The fraction of sp³-hybridized carbons (Fsp3) is 0.429. The van der Waals surface area contributed by atoms with Crippen molar-refractivity contribution in [2.24, 2.45) is 0 Å².